The maximum absolute atomic E-state index is 13.3. The van der Waals surface area contributed by atoms with Crippen LogP contribution in [0.4, 0.5) is 0 Å². The maximum Gasteiger partial charge on any atom is 0.257 e. The first kappa shape index (κ1) is 20.6. The molecule has 1 aliphatic heterocycles. The van der Waals surface area contributed by atoms with Gasteiger partial charge in [0, 0.05) is 31.3 Å². The van der Waals surface area contributed by atoms with Crippen molar-refractivity contribution < 1.29 is 14.7 Å². The van der Waals surface area contributed by atoms with Crippen LogP contribution in [0.2, 0.25) is 0 Å². The highest BCUT2D eigenvalue weighted by molar-refractivity contribution is 5.95. The number of nitrogens with one attached hydrogen (secondary N) is 1. The summed E-state index contributed by atoms with van der Waals surface area (Å²) in [7, 11) is 0. The Morgan fingerprint density at radius 3 is 2.66 bits per heavy atom. The number of rotatable bonds is 4. The van der Waals surface area contributed by atoms with E-state index in [0.717, 1.165) is 24.8 Å². The predicted octanol–water partition coefficient (Wildman–Crippen LogP) is 2.06. The Morgan fingerprint density at radius 2 is 1.97 bits per heavy atom. The minimum absolute atomic E-state index is 0.0110. The van der Waals surface area contributed by atoms with E-state index in [0.29, 0.717) is 29.9 Å². The molecule has 0 bridgehead atoms. The van der Waals surface area contributed by atoms with E-state index in [-0.39, 0.29) is 24.3 Å². The van der Waals surface area contributed by atoms with Gasteiger partial charge in [0.1, 0.15) is 0 Å². The van der Waals surface area contributed by atoms with Gasteiger partial charge in [-0.15, -0.1) is 0 Å². The van der Waals surface area contributed by atoms with Crippen molar-refractivity contribution in [2.24, 2.45) is 5.92 Å². The number of aryl methyl sites for hydroxylation is 1. The van der Waals surface area contributed by atoms with Gasteiger partial charge in [0.25, 0.3) is 5.91 Å². The quantitative estimate of drug-likeness (QED) is 0.656. The molecule has 2 amide bonds. The highest BCUT2D eigenvalue weighted by Gasteiger charge is 2.47. The van der Waals surface area contributed by atoms with Crippen LogP contribution in [0.15, 0.2) is 48.8 Å². The third kappa shape index (κ3) is 3.35. The van der Waals surface area contributed by atoms with E-state index in [1.54, 1.807) is 27.9 Å². The van der Waals surface area contributed by atoms with Crippen LogP contribution < -0.4 is 5.32 Å². The summed E-state index contributed by atoms with van der Waals surface area (Å²) in [6, 6.07) is 11.4. The predicted molar refractivity (Wildman–Crippen MR) is 118 cm³/mol. The van der Waals surface area contributed by atoms with Gasteiger partial charge in [-0.05, 0) is 31.7 Å². The Morgan fingerprint density at radius 1 is 1.19 bits per heavy atom. The minimum Gasteiger partial charge on any atom is -0.388 e. The first-order chi connectivity index (χ1) is 15.5. The Kier molecular flexibility index (Phi) is 5.17. The molecule has 8 heteroatoms. The number of β-amino-alcohol motifs (C(OH)–C–C–N with tert-alkyl or cyclic N) is 1. The fraction of sp³-hybridized carbons (Fsp3) is 0.417. The highest BCUT2D eigenvalue weighted by Crippen LogP contribution is 2.36. The number of nitrogens with zero attached hydrogens (tertiary/aromatic N) is 4. The molecule has 3 aromatic rings. The lowest BCUT2D eigenvalue weighted by Crippen LogP contribution is -2.63. The van der Waals surface area contributed by atoms with E-state index in [2.05, 4.69) is 15.4 Å². The molecule has 3 heterocycles. The van der Waals surface area contributed by atoms with Gasteiger partial charge in [-0.3, -0.25) is 9.59 Å². The zero-order valence-corrected chi connectivity index (χ0v) is 18.1. The molecule has 5 rings (SSSR count). The van der Waals surface area contributed by atoms with Crippen molar-refractivity contribution in [1.29, 1.82) is 0 Å². The molecule has 0 unspecified atom stereocenters. The second-order valence-electron chi connectivity index (χ2n) is 8.83. The van der Waals surface area contributed by atoms with Crippen LogP contribution in [0.1, 0.15) is 47.3 Å². The topological polar surface area (TPSA) is 99.8 Å². The summed E-state index contributed by atoms with van der Waals surface area (Å²) in [5, 5.41) is 18.7. The van der Waals surface area contributed by atoms with Gasteiger partial charge in [0.15, 0.2) is 5.65 Å². The summed E-state index contributed by atoms with van der Waals surface area (Å²) in [4.78, 5) is 32.1. The number of hydrogen-bond donors (Lipinski definition) is 2. The van der Waals surface area contributed by atoms with Crippen molar-refractivity contribution in [3.63, 3.8) is 0 Å². The van der Waals surface area contributed by atoms with Crippen molar-refractivity contribution in [1.82, 2.24) is 24.8 Å². The number of carbonyl (C=O) groups excluding carboxylic acids is 2. The molecule has 2 atom stereocenters. The van der Waals surface area contributed by atoms with Crippen molar-refractivity contribution in [3.05, 3.63) is 65.6 Å². The summed E-state index contributed by atoms with van der Waals surface area (Å²) in [6.45, 7) is 2.37. The number of aliphatic hydroxyl groups is 1. The molecular weight excluding hydrogens is 406 g/mol. The van der Waals surface area contributed by atoms with Gasteiger partial charge < -0.3 is 15.3 Å². The Bertz CT molecular complexity index is 1160. The lowest BCUT2D eigenvalue weighted by Gasteiger charge is -2.47. The van der Waals surface area contributed by atoms with Crippen LogP contribution in [0.5, 0.6) is 0 Å². The third-order valence-corrected chi connectivity index (χ3v) is 7.02. The van der Waals surface area contributed by atoms with E-state index in [1.165, 1.54) is 0 Å². The van der Waals surface area contributed by atoms with Crippen LogP contribution in [-0.2, 0) is 10.3 Å². The molecule has 1 aliphatic carbocycles. The van der Waals surface area contributed by atoms with Gasteiger partial charge in [-0.2, -0.15) is 5.10 Å². The van der Waals surface area contributed by atoms with Crippen LogP contribution in [0.25, 0.3) is 5.65 Å². The molecular formula is C24H27N5O3. The summed E-state index contributed by atoms with van der Waals surface area (Å²) < 4.78 is 1.64. The monoisotopic (exact) mass is 433 g/mol. The Balaban J connectivity index is 1.41. The molecule has 1 saturated carbocycles. The first-order valence-electron chi connectivity index (χ1n) is 11.1. The first-order valence-corrected chi connectivity index (χ1v) is 11.1. The highest BCUT2D eigenvalue weighted by atomic mass is 16.3. The number of piperidine rings is 1. The standard InChI is InChI=1S/C24H27N5O3/c1-16-19(14-25-21-10-12-26-29(16)21)23(32)28-13-11-24(20(30)15-28,18-8-3-2-4-9-18)27-22(31)17-6-5-7-17/h2-4,8-10,12,14,17,20,30H,5-7,11,13,15H2,1H3,(H,27,31)/t20-,24-/m1/s1. The zero-order valence-electron chi connectivity index (χ0n) is 18.1. The number of benzene rings is 1. The lowest BCUT2D eigenvalue weighted by atomic mass is 9.76. The van der Waals surface area contributed by atoms with Crippen molar-refractivity contribution in [2.75, 3.05) is 13.1 Å². The van der Waals surface area contributed by atoms with Crippen LogP contribution in [0.3, 0.4) is 0 Å². The SMILES string of the molecule is Cc1c(C(=O)N2CC[C@@](NC(=O)C3CCC3)(c3ccccc3)[C@H](O)C2)cnc2ccnn12. The zero-order chi connectivity index (χ0) is 22.3. The van der Waals surface area contributed by atoms with E-state index < -0.39 is 11.6 Å². The largest absolute Gasteiger partial charge is 0.388 e. The van der Waals surface area contributed by atoms with Crippen molar-refractivity contribution >= 4 is 17.5 Å². The number of likely N-dealkylation sites (tertiary alicyclic amines) is 1. The van der Waals surface area contributed by atoms with E-state index in [1.807, 2.05) is 37.3 Å². The normalized spacial score (nSPS) is 23.7. The van der Waals surface area contributed by atoms with Crippen LogP contribution >= 0.6 is 0 Å². The second-order valence-corrected chi connectivity index (χ2v) is 8.83. The molecule has 8 nitrogen and oxygen atoms in total. The van der Waals surface area contributed by atoms with Gasteiger partial charge in [-0.25, -0.2) is 9.50 Å². The van der Waals surface area contributed by atoms with E-state index in [4.69, 9.17) is 0 Å². The average Bonchev–Trinajstić information content (AvgIpc) is 3.24. The second kappa shape index (κ2) is 8.02. The van der Waals surface area contributed by atoms with Crippen molar-refractivity contribution in [2.45, 2.75) is 44.2 Å². The molecule has 0 radical (unpaired) electrons. The number of amides is 2. The van der Waals surface area contributed by atoms with Gasteiger partial charge in [0.05, 0.1) is 29.1 Å². The fourth-order valence-corrected chi connectivity index (χ4v) is 4.77. The number of aromatic nitrogens is 3. The number of carbonyl (C=O) groups is 2. The number of aliphatic hydroxyl groups excluding tert-OH is 1. The molecule has 32 heavy (non-hydrogen) atoms. The van der Waals surface area contributed by atoms with Crippen molar-refractivity contribution in [3.8, 4) is 0 Å². The summed E-state index contributed by atoms with van der Waals surface area (Å²) in [6.07, 6.45) is 5.55. The van der Waals surface area contributed by atoms with E-state index >= 15 is 0 Å². The lowest BCUT2D eigenvalue weighted by molar-refractivity contribution is -0.133. The Labute approximate surface area is 186 Å². The summed E-state index contributed by atoms with van der Waals surface area (Å²) >= 11 is 0. The third-order valence-electron chi connectivity index (χ3n) is 7.02. The molecule has 0 spiro atoms. The minimum atomic E-state index is -0.937. The smallest absolute Gasteiger partial charge is 0.257 e. The molecule has 2 fully saturated rings. The summed E-state index contributed by atoms with van der Waals surface area (Å²) in [5.74, 6) is -0.196. The van der Waals surface area contributed by atoms with Crippen LogP contribution in [-0.4, -0.2) is 55.6 Å². The van der Waals surface area contributed by atoms with Gasteiger partial charge >= 0.3 is 0 Å². The van der Waals surface area contributed by atoms with Gasteiger partial charge in [0.2, 0.25) is 5.91 Å². The maximum atomic E-state index is 13.3. The van der Waals surface area contributed by atoms with Crippen LogP contribution in [0, 0.1) is 12.8 Å². The van der Waals surface area contributed by atoms with E-state index in [9.17, 15) is 14.7 Å². The molecule has 166 valence electrons. The molecule has 2 N–H and O–H groups in total. The molecule has 1 saturated heterocycles. The Hall–Kier alpha value is -3.26. The molecule has 2 aromatic heterocycles. The van der Waals surface area contributed by atoms with Gasteiger partial charge in [-0.1, -0.05) is 36.8 Å². The molecule has 1 aromatic carbocycles. The number of fused-ring (bicyclic) bond motifs is 1. The summed E-state index contributed by atoms with van der Waals surface area (Å²) in [5.41, 5.74) is 1.80. The average molecular weight is 434 g/mol. The number of hydrogen-bond acceptors (Lipinski definition) is 5. The fourth-order valence-electron chi connectivity index (χ4n) is 4.77. The molecule has 2 aliphatic rings.